The highest BCUT2D eigenvalue weighted by atomic mass is 19.4. The van der Waals surface area contributed by atoms with E-state index in [0.29, 0.717) is 40.6 Å². The van der Waals surface area contributed by atoms with Crippen LogP contribution in [0.3, 0.4) is 0 Å². The molecular weight excluding hydrogens is 518 g/mol. The van der Waals surface area contributed by atoms with Crippen LogP contribution in [0.2, 0.25) is 0 Å². The Bertz CT molecular complexity index is 1120. The van der Waals surface area contributed by atoms with Crippen LogP contribution < -0.4 is 4.74 Å². The van der Waals surface area contributed by atoms with Crippen LogP contribution in [0.25, 0.3) is 0 Å². The molecule has 1 aromatic rings. The first-order chi connectivity index (χ1) is 18.3. The van der Waals surface area contributed by atoms with Crippen molar-refractivity contribution in [2.45, 2.75) is 89.0 Å². The summed E-state index contributed by atoms with van der Waals surface area (Å²) in [5, 5.41) is 9.61. The van der Waals surface area contributed by atoms with Gasteiger partial charge in [0.1, 0.15) is 17.6 Å². The Morgan fingerprint density at radius 3 is 2.26 bits per heavy atom. The van der Waals surface area contributed by atoms with Gasteiger partial charge in [0.2, 0.25) is 0 Å². The molecule has 4 aliphatic rings. The molecule has 216 valence electrons. The number of rotatable bonds is 7. The standard InChI is InChI=1S/C29H37F4NO5/c1-16-6-18-7-17(2)11-27(10-16,12-18)15-39-24-9-22(30)21(8-20(24)19-4-5-19)25(35)34-14-28(38-3,29(31,32)33)13-23(34)26(36)37/h8-9,16-19,23H,4-7,10-15H2,1-3H3,(H,36,37). The van der Waals surface area contributed by atoms with Gasteiger partial charge in [-0.2, -0.15) is 13.2 Å². The van der Waals surface area contributed by atoms with Crippen molar-refractivity contribution < 1.29 is 41.7 Å². The molecule has 5 rings (SSSR count). The monoisotopic (exact) mass is 555 g/mol. The number of amides is 1. The molecule has 4 unspecified atom stereocenters. The van der Waals surface area contributed by atoms with Gasteiger partial charge in [-0.3, -0.25) is 4.79 Å². The Balaban J connectivity index is 1.41. The lowest BCUT2D eigenvalue weighted by molar-refractivity contribution is -0.263. The highest BCUT2D eigenvalue weighted by Gasteiger charge is 2.64. The van der Waals surface area contributed by atoms with Crippen LogP contribution in [0.15, 0.2) is 12.1 Å². The maximum absolute atomic E-state index is 15.5. The van der Waals surface area contributed by atoms with Gasteiger partial charge < -0.3 is 19.5 Å². The van der Waals surface area contributed by atoms with Crippen molar-refractivity contribution in [3.8, 4) is 5.75 Å². The van der Waals surface area contributed by atoms with Crippen molar-refractivity contribution in [1.29, 1.82) is 0 Å². The molecule has 2 bridgehead atoms. The number of carbonyl (C=O) groups excluding carboxylic acids is 1. The fourth-order valence-corrected chi connectivity index (χ4v) is 7.82. The van der Waals surface area contributed by atoms with E-state index in [9.17, 15) is 27.9 Å². The van der Waals surface area contributed by atoms with Gasteiger partial charge >= 0.3 is 12.1 Å². The quantitative estimate of drug-likeness (QED) is 0.407. The largest absolute Gasteiger partial charge is 0.493 e. The van der Waals surface area contributed by atoms with Crippen molar-refractivity contribution in [3.63, 3.8) is 0 Å². The van der Waals surface area contributed by atoms with Gasteiger partial charge in [-0.15, -0.1) is 0 Å². The van der Waals surface area contributed by atoms with Crippen molar-refractivity contribution in [2.24, 2.45) is 23.2 Å². The molecule has 4 fully saturated rings. The molecule has 1 saturated heterocycles. The van der Waals surface area contributed by atoms with E-state index in [4.69, 9.17) is 9.47 Å². The number of fused-ring (bicyclic) bond motifs is 2. The summed E-state index contributed by atoms with van der Waals surface area (Å²) in [7, 11) is 0.833. The van der Waals surface area contributed by atoms with Crippen molar-refractivity contribution in [1.82, 2.24) is 4.90 Å². The fraction of sp³-hybridized carbons (Fsp3) is 0.724. The molecule has 1 aliphatic heterocycles. The zero-order valence-corrected chi connectivity index (χ0v) is 22.7. The summed E-state index contributed by atoms with van der Waals surface area (Å²) >= 11 is 0. The second-order valence-electron chi connectivity index (χ2n) is 12.8. The average Bonchev–Trinajstić information content (AvgIpc) is 3.58. The number of aliphatic carboxylic acids is 1. The third-order valence-corrected chi connectivity index (χ3v) is 9.42. The number of nitrogens with zero attached hydrogens (tertiary/aromatic N) is 1. The van der Waals surface area contributed by atoms with Crippen LogP contribution >= 0.6 is 0 Å². The number of likely N-dealkylation sites (tertiary alicyclic amines) is 1. The average molecular weight is 556 g/mol. The van der Waals surface area contributed by atoms with Gasteiger partial charge in [0, 0.05) is 25.0 Å². The molecule has 10 heteroatoms. The second-order valence-corrected chi connectivity index (χ2v) is 12.8. The summed E-state index contributed by atoms with van der Waals surface area (Å²) < 4.78 is 68.0. The molecule has 0 aromatic heterocycles. The Hall–Kier alpha value is -2.36. The Morgan fingerprint density at radius 2 is 1.72 bits per heavy atom. The zero-order chi connectivity index (χ0) is 28.3. The summed E-state index contributed by atoms with van der Waals surface area (Å²) in [5.41, 5.74) is -2.60. The molecule has 0 spiro atoms. The number of ether oxygens (including phenoxy) is 2. The van der Waals surface area contributed by atoms with E-state index < -0.39 is 54.0 Å². The van der Waals surface area contributed by atoms with Gasteiger partial charge in [-0.25, -0.2) is 9.18 Å². The Kier molecular flexibility index (Phi) is 7.17. The summed E-state index contributed by atoms with van der Waals surface area (Å²) in [6, 6.07) is 0.719. The van der Waals surface area contributed by atoms with Crippen LogP contribution in [0, 0.1) is 29.0 Å². The lowest BCUT2D eigenvalue weighted by Crippen LogP contribution is -2.49. The molecule has 1 amide bonds. The number of carbonyl (C=O) groups is 2. The molecule has 6 nitrogen and oxygen atoms in total. The minimum absolute atomic E-state index is 0.0249. The first-order valence-corrected chi connectivity index (χ1v) is 13.9. The van der Waals surface area contributed by atoms with Crippen LogP contribution in [-0.4, -0.2) is 60.0 Å². The number of alkyl halides is 3. The number of halogens is 4. The maximum atomic E-state index is 15.5. The highest BCUT2D eigenvalue weighted by molar-refractivity contribution is 5.98. The molecule has 4 atom stereocenters. The van der Waals surface area contributed by atoms with E-state index in [1.54, 1.807) is 0 Å². The number of benzene rings is 1. The lowest BCUT2D eigenvalue weighted by Gasteiger charge is -2.49. The van der Waals surface area contributed by atoms with Crippen LogP contribution in [0.5, 0.6) is 5.75 Å². The molecular formula is C29H37F4NO5. The normalized spacial score (nSPS) is 34.7. The summed E-state index contributed by atoms with van der Waals surface area (Å²) in [4.78, 5) is 25.8. The predicted molar refractivity (Wildman–Crippen MR) is 134 cm³/mol. The molecule has 0 radical (unpaired) electrons. The maximum Gasteiger partial charge on any atom is 0.419 e. The number of hydrogen-bond acceptors (Lipinski definition) is 4. The SMILES string of the molecule is COC1(C(F)(F)F)CC(C(=O)O)N(C(=O)c2cc(C3CC3)c(OCC34CC(C)CC(CC(C)C3)C4)cc2F)C1. The van der Waals surface area contributed by atoms with Gasteiger partial charge in [0.15, 0.2) is 5.60 Å². The van der Waals surface area contributed by atoms with E-state index in [-0.39, 0.29) is 11.3 Å². The van der Waals surface area contributed by atoms with Crippen LogP contribution in [0.1, 0.15) is 87.1 Å². The van der Waals surface area contributed by atoms with E-state index in [1.807, 2.05) is 0 Å². The summed E-state index contributed by atoms with van der Waals surface area (Å²) in [6.07, 6.45) is 1.42. The number of hydrogen-bond donors (Lipinski definition) is 1. The fourth-order valence-electron chi connectivity index (χ4n) is 7.82. The number of carboxylic acids is 1. The zero-order valence-electron chi connectivity index (χ0n) is 22.7. The summed E-state index contributed by atoms with van der Waals surface area (Å²) in [5.74, 6) is -1.34. The predicted octanol–water partition coefficient (Wildman–Crippen LogP) is 6.18. The van der Waals surface area contributed by atoms with Crippen molar-refractivity contribution in [2.75, 3.05) is 20.3 Å². The third-order valence-electron chi connectivity index (χ3n) is 9.42. The van der Waals surface area contributed by atoms with E-state index in [1.165, 1.54) is 18.9 Å². The Labute approximate surface area is 226 Å². The molecule has 3 aliphatic carbocycles. The van der Waals surface area contributed by atoms with Crippen molar-refractivity contribution >= 4 is 11.9 Å². The smallest absolute Gasteiger partial charge is 0.419 e. The van der Waals surface area contributed by atoms with Crippen LogP contribution in [-0.2, 0) is 9.53 Å². The highest BCUT2D eigenvalue weighted by Crippen LogP contribution is 2.53. The Morgan fingerprint density at radius 1 is 1.08 bits per heavy atom. The number of methoxy groups -OCH3 is 1. The molecule has 1 aromatic carbocycles. The van der Waals surface area contributed by atoms with Gasteiger partial charge in [-0.05, 0) is 80.2 Å². The first-order valence-electron chi connectivity index (χ1n) is 13.9. The van der Waals surface area contributed by atoms with Crippen molar-refractivity contribution in [3.05, 3.63) is 29.1 Å². The molecule has 3 saturated carbocycles. The lowest BCUT2D eigenvalue weighted by atomic mass is 9.57. The second kappa shape index (κ2) is 9.93. The van der Waals surface area contributed by atoms with E-state index in [0.717, 1.165) is 45.3 Å². The molecule has 39 heavy (non-hydrogen) atoms. The van der Waals surface area contributed by atoms with E-state index >= 15 is 4.39 Å². The summed E-state index contributed by atoms with van der Waals surface area (Å²) in [6.45, 7) is 3.97. The molecule has 1 N–H and O–H groups in total. The minimum atomic E-state index is -4.91. The van der Waals surface area contributed by atoms with E-state index in [2.05, 4.69) is 13.8 Å². The van der Waals surface area contributed by atoms with Gasteiger partial charge in [0.05, 0.1) is 18.7 Å². The third kappa shape index (κ3) is 5.25. The van der Waals surface area contributed by atoms with Gasteiger partial charge in [0.25, 0.3) is 5.91 Å². The topological polar surface area (TPSA) is 76.1 Å². The minimum Gasteiger partial charge on any atom is -0.493 e. The van der Waals surface area contributed by atoms with Gasteiger partial charge in [-0.1, -0.05) is 13.8 Å². The van der Waals surface area contributed by atoms with Crippen LogP contribution in [0.4, 0.5) is 17.6 Å². The molecule has 1 heterocycles. The number of carboxylic acid groups (broad SMARTS) is 1. The first kappa shape index (κ1) is 28.2.